The van der Waals surface area contributed by atoms with Gasteiger partial charge in [-0.1, -0.05) is 19.1 Å². The summed E-state index contributed by atoms with van der Waals surface area (Å²) in [6.45, 7) is 7.25. The number of quaternary nitrogens is 1. The van der Waals surface area contributed by atoms with Crippen molar-refractivity contribution < 1.29 is 4.39 Å². The van der Waals surface area contributed by atoms with E-state index in [1.807, 2.05) is 18.5 Å². The molecule has 1 aromatic carbocycles. The van der Waals surface area contributed by atoms with Crippen molar-refractivity contribution in [3.8, 4) is 0 Å². The molecule has 0 amide bonds. The standard InChI is InChI=1S/C25H35FN7/c1-2-22-23(27)28-18-29-24(22)33(25(30-10-11-31-25)9-14-32-12-4-13-32)15-7-19(8-16-33)20-5-3-6-21(26)17-20/h3,5-6,10-11,17-19,30-31H,2,4,7-9,12-16H2,1H3,(H2,27,28,29)/q+1. The van der Waals surface area contributed by atoms with Gasteiger partial charge >= 0.3 is 0 Å². The van der Waals surface area contributed by atoms with Crippen LogP contribution in [-0.4, -0.2) is 53.4 Å². The fourth-order valence-electron chi connectivity index (χ4n) is 5.93. The van der Waals surface area contributed by atoms with E-state index in [0.29, 0.717) is 16.2 Å². The van der Waals surface area contributed by atoms with Crippen molar-refractivity contribution in [2.45, 2.75) is 50.7 Å². The molecule has 176 valence electrons. The molecular formula is C25H35FN7+. The maximum absolute atomic E-state index is 13.9. The molecule has 0 atom stereocenters. The van der Waals surface area contributed by atoms with Crippen molar-refractivity contribution in [3.05, 3.63) is 59.9 Å². The van der Waals surface area contributed by atoms with Crippen molar-refractivity contribution in [3.63, 3.8) is 0 Å². The van der Waals surface area contributed by atoms with Crippen molar-refractivity contribution in [1.82, 2.24) is 30.0 Å². The third kappa shape index (κ3) is 3.85. The summed E-state index contributed by atoms with van der Waals surface area (Å²) in [5.74, 6) is 1.35. The van der Waals surface area contributed by atoms with Crippen LogP contribution < -0.4 is 20.9 Å². The third-order valence-electron chi connectivity index (χ3n) is 7.95. The van der Waals surface area contributed by atoms with E-state index < -0.39 is 5.79 Å². The Labute approximate surface area is 195 Å². The van der Waals surface area contributed by atoms with Gasteiger partial charge in [-0.15, -0.1) is 0 Å². The van der Waals surface area contributed by atoms with E-state index in [-0.39, 0.29) is 5.82 Å². The number of nitrogen functional groups attached to an aromatic ring is 1. The zero-order valence-corrected chi connectivity index (χ0v) is 19.4. The van der Waals surface area contributed by atoms with E-state index in [4.69, 9.17) is 10.7 Å². The Morgan fingerprint density at radius 3 is 2.58 bits per heavy atom. The minimum absolute atomic E-state index is 0.162. The number of halogens is 1. The molecule has 0 saturated carbocycles. The van der Waals surface area contributed by atoms with Gasteiger partial charge in [-0.05, 0) is 49.5 Å². The third-order valence-corrected chi connectivity index (χ3v) is 7.95. The van der Waals surface area contributed by atoms with Crippen LogP contribution in [0.3, 0.4) is 0 Å². The summed E-state index contributed by atoms with van der Waals surface area (Å²) in [7, 11) is 0. The Morgan fingerprint density at radius 2 is 1.94 bits per heavy atom. The first-order chi connectivity index (χ1) is 16.1. The predicted molar refractivity (Wildman–Crippen MR) is 130 cm³/mol. The number of hydrogen-bond donors (Lipinski definition) is 3. The van der Waals surface area contributed by atoms with Gasteiger partial charge in [0.05, 0.1) is 25.1 Å². The van der Waals surface area contributed by atoms with Gasteiger partial charge in [0.25, 0.3) is 5.79 Å². The highest BCUT2D eigenvalue weighted by atomic mass is 19.1. The van der Waals surface area contributed by atoms with Gasteiger partial charge < -0.3 is 21.3 Å². The number of likely N-dealkylation sites (tertiary alicyclic amines) is 2. The molecule has 8 heteroatoms. The number of nitrogens with two attached hydrogens (primary N) is 1. The quantitative estimate of drug-likeness (QED) is 0.561. The molecule has 4 heterocycles. The summed E-state index contributed by atoms with van der Waals surface area (Å²) < 4.78 is 14.6. The molecule has 4 N–H and O–H groups in total. The molecule has 2 fully saturated rings. The molecule has 0 bridgehead atoms. The molecule has 5 rings (SSSR count). The minimum atomic E-state index is -0.396. The van der Waals surface area contributed by atoms with Gasteiger partial charge in [-0.25, -0.2) is 13.9 Å². The number of piperidine rings is 1. The molecule has 33 heavy (non-hydrogen) atoms. The normalized spacial score (nSPS) is 26.4. The second-order valence-electron chi connectivity index (χ2n) is 9.59. The lowest BCUT2D eigenvalue weighted by molar-refractivity contribution is 0.0143. The van der Waals surface area contributed by atoms with Crippen LogP contribution in [0.5, 0.6) is 0 Å². The molecule has 0 unspecified atom stereocenters. The van der Waals surface area contributed by atoms with Gasteiger partial charge in [0.1, 0.15) is 18.0 Å². The van der Waals surface area contributed by atoms with Crippen LogP contribution in [0.4, 0.5) is 16.0 Å². The number of benzene rings is 1. The number of hydrogen-bond acceptors (Lipinski definition) is 6. The fourth-order valence-corrected chi connectivity index (χ4v) is 5.93. The van der Waals surface area contributed by atoms with Crippen LogP contribution >= 0.6 is 0 Å². The first kappa shape index (κ1) is 22.1. The van der Waals surface area contributed by atoms with Gasteiger partial charge in [-0.2, -0.15) is 4.98 Å². The number of nitrogens with zero attached hydrogens (tertiary/aromatic N) is 4. The van der Waals surface area contributed by atoms with E-state index >= 15 is 0 Å². The number of nitrogens with one attached hydrogen (secondary N) is 2. The molecule has 7 nitrogen and oxygen atoms in total. The van der Waals surface area contributed by atoms with Crippen molar-refractivity contribution in [2.75, 3.05) is 38.5 Å². The summed E-state index contributed by atoms with van der Waals surface area (Å²) in [6.07, 6.45) is 10.5. The number of aromatic nitrogens is 2. The van der Waals surface area contributed by atoms with Crippen molar-refractivity contribution >= 4 is 11.6 Å². The highest BCUT2D eigenvalue weighted by molar-refractivity contribution is 5.56. The molecule has 1 aromatic heterocycles. The zero-order valence-electron chi connectivity index (χ0n) is 19.4. The van der Waals surface area contributed by atoms with Crippen LogP contribution in [0.2, 0.25) is 0 Å². The lowest BCUT2D eigenvalue weighted by atomic mass is 9.86. The van der Waals surface area contributed by atoms with Crippen LogP contribution in [0.25, 0.3) is 0 Å². The Morgan fingerprint density at radius 1 is 1.18 bits per heavy atom. The SMILES string of the molecule is CCc1c(N)ncnc1[N+]1(C2(CCN3CCC3)NC=CN2)CCC(c2cccc(F)c2)CC1. The number of rotatable bonds is 7. The van der Waals surface area contributed by atoms with Crippen LogP contribution in [0, 0.1) is 5.82 Å². The maximum atomic E-state index is 13.9. The average Bonchev–Trinajstić information content (AvgIpc) is 3.28. The predicted octanol–water partition coefficient (Wildman–Crippen LogP) is 3.06. The highest BCUT2D eigenvalue weighted by Gasteiger charge is 2.57. The summed E-state index contributed by atoms with van der Waals surface area (Å²) in [5.41, 5.74) is 8.48. The van der Waals surface area contributed by atoms with E-state index in [0.717, 1.165) is 62.3 Å². The summed E-state index contributed by atoms with van der Waals surface area (Å²) >= 11 is 0. The van der Waals surface area contributed by atoms with Gasteiger partial charge in [0.2, 0.25) is 5.82 Å². The molecule has 2 saturated heterocycles. The van der Waals surface area contributed by atoms with E-state index in [9.17, 15) is 4.39 Å². The first-order valence-electron chi connectivity index (χ1n) is 12.2. The van der Waals surface area contributed by atoms with Crippen LogP contribution in [-0.2, 0) is 6.42 Å². The minimum Gasteiger partial charge on any atom is -0.383 e. The Hall–Kier alpha value is -2.71. The second kappa shape index (κ2) is 8.91. The summed E-state index contributed by atoms with van der Waals surface area (Å²) in [5, 5.41) is 7.42. The Bertz CT molecular complexity index is 1000. The molecular weight excluding hydrogens is 417 g/mol. The zero-order chi connectivity index (χ0) is 22.9. The van der Waals surface area contributed by atoms with Gasteiger partial charge in [0, 0.05) is 31.8 Å². The van der Waals surface area contributed by atoms with E-state index in [2.05, 4.69) is 33.5 Å². The smallest absolute Gasteiger partial charge is 0.257 e. The van der Waals surface area contributed by atoms with E-state index in [1.54, 1.807) is 12.4 Å². The molecule has 3 aliphatic heterocycles. The van der Waals surface area contributed by atoms with Crippen LogP contribution in [0.15, 0.2) is 43.0 Å². The maximum Gasteiger partial charge on any atom is 0.257 e. The summed E-state index contributed by atoms with van der Waals surface area (Å²) in [4.78, 5) is 11.7. The Kier molecular flexibility index (Phi) is 5.97. The lowest BCUT2D eigenvalue weighted by Gasteiger charge is -2.54. The highest BCUT2D eigenvalue weighted by Crippen LogP contribution is 2.43. The average molecular weight is 453 g/mol. The molecule has 0 radical (unpaired) electrons. The fraction of sp³-hybridized carbons (Fsp3) is 0.520. The van der Waals surface area contributed by atoms with Crippen molar-refractivity contribution in [2.24, 2.45) is 0 Å². The largest absolute Gasteiger partial charge is 0.383 e. The summed E-state index contributed by atoms with van der Waals surface area (Å²) in [6, 6.07) is 7.09. The van der Waals surface area contributed by atoms with Gasteiger partial charge in [0.15, 0.2) is 0 Å². The van der Waals surface area contributed by atoms with Crippen molar-refractivity contribution in [1.29, 1.82) is 0 Å². The number of anilines is 1. The van der Waals surface area contributed by atoms with E-state index in [1.165, 1.54) is 25.6 Å². The topological polar surface area (TPSA) is 79.1 Å². The second-order valence-corrected chi connectivity index (χ2v) is 9.59. The van der Waals surface area contributed by atoms with Crippen LogP contribution in [0.1, 0.15) is 49.7 Å². The molecule has 3 aliphatic rings. The molecule has 0 aliphatic carbocycles. The monoisotopic (exact) mass is 452 g/mol. The van der Waals surface area contributed by atoms with Gasteiger partial charge in [-0.3, -0.25) is 0 Å². The molecule has 2 aromatic rings. The lowest BCUT2D eigenvalue weighted by Crippen LogP contribution is -2.78. The Balaban J connectivity index is 1.52. The molecule has 0 spiro atoms. The first-order valence-corrected chi connectivity index (χ1v) is 12.2.